The molecule has 0 saturated heterocycles. The molecule has 0 N–H and O–H groups in total. The van der Waals surface area contributed by atoms with Gasteiger partial charge in [-0.1, -0.05) is 29.0 Å². The van der Waals surface area contributed by atoms with Crippen LogP contribution in [0, 0.1) is 13.8 Å². The van der Waals surface area contributed by atoms with Gasteiger partial charge in [-0.2, -0.15) is 0 Å². The van der Waals surface area contributed by atoms with E-state index < -0.39 is 21.5 Å². The molecule has 3 aromatic rings. The van der Waals surface area contributed by atoms with E-state index in [-0.39, 0.29) is 17.3 Å². The van der Waals surface area contributed by atoms with Gasteiger partial charge in [0.2, 0.25) is 5.91 Å². The molecule has 32 heavy (non-hydrogen) atoms. The summed E-state index contributed by atoms with van der Waals surface area (Å²) >= 11 is 7.27. The van der Waals surface area contributed by atoms with Crippen LogP contribution in [0.2, 0.25) is 5.02 Å². The zero-order valence-electron chi connectivity index (χ0n) is 18.5. The summed E-state index contributed by atoms with van der Waals surface area (Å²) in [6, 6.07) is 9.88. The number of fused-ring (bicyclic) bond motifs is 1. The first-order chi connectivity index (χ1) is 14.6. The van der Waals surface area contributed by atoms with Gasteiger partial charge in [0.25, 0.3) is 0 Å². The number of halogens is 2. The monoisotopic (exact) mass is 515 g/mol. The molecule has 1 heterocycles. The summed E-state index contributed by atoms with van der Waals surface area (Å²) in [6.07, 6.45) is 0.702. The van der Waals surface area contributed by atoms with Crippen molar-refractivity contribution in [3.05, 3.63) is 52.5 Å². The minimum absolute atomic E-state index is 0. The van der Waals surface area contributed by atoms with Gasteiger partial charge in [-0.15, -0.1) is 12.4 Å². The Morgan fingerprint density at radius 3 is 2.34 bits per heavy atom. The first-order valence-corrected chi connectivity index (χ1v) is 12.7. The summed E-state index contributed by atoms with van der Waals surface area (Å²) in [5, 5.41) is 0.967. The molecule has 0 radical (unpaired) electrons. The van der Waals surface area contributed by atoms with Crippen LogP contribution < -0.4 is 4.90 Å². The molecule has 0 spiro atoms. The summed E-state index contributed by atoms with van der Waals surface area (Å²) in [5.74, 6) is -1.10. The lowest BCUT2D eigenvalue weighted by atomic mass is 10.1. The summed E-state index contributed by atoms with van der Waals surface area (Å²) in [5.41, 5.74) is 3.04. The number of aromatic nitrogens is 1. The van der Waals surface area contributed by atoms with Gasteiger partial charge < -0.3 is 4.90 Å². The standard InChI is InChI=1S/C22H26ClN3O3S2.ClH/c1-15-6-11-19-21(16(15)2)24-22(30-19)26(13-5-12-25(3)4)20(27)14-31(28,29)18-9-7-17(23)8-10-18;/h6-11H,5,12-14H2,1-4H3;1H. The number of aryl methyl sites for hydroxylation is 2. The van der Waals surface area contributed by atoms with E-state index >= 15 is 0 Å². The Morgan fingerprint density at radius 2 is 1.72 bits per heavy atom. The molecule has 10 heteroatoms. The zero-order valence-corrected chi connectivity index (χ0v) is 21.7. The zero-order chi connectivity index (χ0) is 22.8. The van der Waals surface area contributed by atoms with Gasteiger partial charge in [-0.05, 0) is 82.4 Å². The fourth-order valence-electron chi connectivity index (χ4n) is 3.17. The van der Waals surface area contributed by atoms with Crippen molar-refractivity contribution in [3.63, 3.8) is 0 Å². The fraction of sp³-hybridized carbons (Fsp3) is 0.364. The Balaban J connectivity index is 0.00000363. The quantitative estimate of drug-likeness (QED) is 0.432. The van der Waals surface area contributed by atoms with Gasteiger partial charge in [0, 0.05) is 11.6 Å². The number of thiazole rings is 1. The van der Waals surface area contributed by atoms with Crippen molar-refractivity contribution in [3.8, 4) is 0 Å². The van der Waals surface area contributed by atoms with Gasteiger partial charge in [-0.25, -0.2) is 13.4 Å². The van der Waals surface area contributed by atoms with Crippen LogP contribution in [-0.4, -0.2) is 57.1 Å². The summed E-state index contributed by atoms with van der Waals surface area (Å²) in [6.45, 7) is 5.19. The maximum atomic E-state index is 13.2. The van der Waals surface area contributed by atoms with Crippen molar-refractivity contribution >= 4 is 66.4 Å². The van der Waals surface area contributed by atoms with E-state index in [1.54, 1.807) is 0 Å². The molecule has 2 aromatic carbocycles. The number of benzene rings is 2. The molecule has 0 aliphatic rings. The summed E-state index contributed by atoms with van der Waals surface area (Å²) < 4.78 is 26.6. The Morgan fingerprint density at radius 1 is 1.06 bits per heavy atom. The Hall–Kier alpha value is -1.71. The average Bonchev–Trinajstić information content (AvgIpc) is 3.12. The number of hydrogen-bond acceptors (Lipinski definition) is 6. The van der Waals surface area contributed by atoms with Gasteiger partial charge in [-0.3, -0.25) is 9.69 Å². The highest BCUT2D eigenvalue weighted by atomic mass is 35.5. The smallest absolute Gasteiger partial charge is 0.244 e. The summed E-state index contributed by atoms with van der Waals surface area (Å²) in [7, 11) is 0.120. The van der Waals surface area contributed by atoms with E-state index in [4.69, 9.17) is 16.6 Å². The minimum Gasteiger partial charge on any atom is -0.309 e. The van der Waals surface area contributed by atoms with Crippen molar-refractivity contribution in [1.82, 2.24) is 9.88 Å². The second-order valence-corrected chi connectivity index (χ2v) is 11.2. The van der Waals surface area contributed by atoms with Crippen molar-refractivity contribution in [2.75, 3.05) is 37.8 Å². The predicted molar refractivity (Wildman–Crippen MR) is 135 cm³/mol. The van der Waals surface area contributed by atoms with E-state index in [1.807, 2.05) is 45.0 Å². The topological polar surface area (TPSA) is 70.6 Å². The highest BCUT2D eigenvalue weighted by Crippen LogP contribution is 2.32. The molecule has 0 aliphatic heterocycles. The van der Waals surface area contributed by atoms with Gasteiger partial charge in [0.15, 0.2) is 15.0 Å². The molecule has 0 unspecified atom stereocenters. The van der Waals surface area contributed by atoms with Crippen LogP contribution in [0.4, 0.5) is 5.13 Å². The van der Waals surface area contributed by atoms with Crippen LogP contribution in [0.3, 0.4) is 0 Å². The number of rotatable bonds is 8. The number of hydrogen-bond donors (Lipinski definition) is 0. The number of anilines is 1. The molecule has 1 amide bonds. The number of carbonyl (C=O) groups excluding carboxylic acids is 1. The minimum atomic E-state index is -3.80. The van der Waals surface area contributed by atoms with Gasteiger partial charge >= 0.3 is 0 Å². The molecule has 1 aromatic heterocycles. The normalized spacial score (nSPS) is 11.6. The maximum absolute atomic E-state index is 13.2. The third kappa shape index (κ3) is 6.20. The highest BCUT2D eigenvalue weighted by molar-refractivity contribution is 7.92. The molecule has 6 nitrogen and oxygen atoms in total. The van der Waals surface area contributed by atoms with Crippen molar-refractivity contribution in [1.29, 1.82) is 0 Å². The van der Waals surface area contributed by atoms with Crippen LogP contribution in [-0.2, 0) is 14.6 Å². The molecular formula is C22H27Cl2N3O3S2. The number of carbonyl (C=O) groups is 1. The van der Waals surface area contributed by atoms with Crippen LogP contribution in [0.1, 0.15) is 17.5 Å². The van der Waals surface area contributed by atoms with E-state index in [1.165, 1.54) is 40.5 Å². The van der Waals surface area contributed by atoms with E-state index in [0.717, 1.165) is 27.9 Å². The van der Waals surface area contributed by atoms with Gasteiger partial charge in [0.05, 0.1) is 15.1 Å². The average molecular weight is 517 g/mol. The molecule has 174 valence electrons. The lowest BCUT2D eigenvalue weighted by molar-refractivity contribution is -0.116. The molecule has 3 rings (SSSR count). The molecule has 0 fully saturated rings. The predicted octanol–water partition coefficient (Wildman–Crippen LogP) is 4.75. The van der Waals surface area contributed by atoms with E-state index in [0.29, 0.717) is 23.1 Å². The largest absolute Gasteiger partial charge is 0.309 e. The number of amides is 1. The van der Waals surface area contributed by atoms with Crippen LogP contribution >= 0.6 is 35.3 Å². The molecule has 0 atom stereocenters. The Labute approximate surface area is 204 Å². The second kappa shape index (κ2) is 10.9. The van der Waals surface area contributed by atoms with Crippen LogP contribution in [0.15, 0.2) is 41.3 Å². The van der Waals surface area contributed by atoms with E-state index in [9.17, 15) is 13.2 Å². The van der Waals surface area contributed by atoms with Gasteiger partial charge in [0.1, 0.15) is 5.75 Å². The second-order valence-electron chi connectivity index (χ2n) is 7.77. The fourth-order valence-corrected chi connectivity index (χ4v) is 5.56. The number of nitrogens with zero attached hydrogens (tertiary/aromatic N) is 3. The van der Waals surface area contributed by atoms with Crippen molar-refractivity contribution in [2.24, 2.45) is 0 Å². The molecule has 0 bridgehead atoms. The van der Waals surface area contributed by atoms with Crippen LogP contribution in [0.5, 0.6) is 0 Å². The molecule has 0 saturated carbocycles. The number of sulfone groups is 1. The highest BCUT2D eigenvalue weighted by Gasteiger charge is 2.26. The third-order valence-corrected chi connectivity index (χ3v) is 7.99. The Bertz CT molecular complexity index is 1190. The summed E-state index contributed by atoms with van der Waals surface area (Å²) in [4.78, 5) is 21.5. The first-order valence-electron chi connectivity index (χ1n) is 9.88. The first kappa shape index (κ1) is 26.5. The molecule has 0 aliphatic carbocycles. The maximum Gasteiger partial charge on any atom is 0.244 e. The third-order valence-electron chi connectivity index (χ3n) is 5.08. The van der Waals surface area contributed by atoms with Crippen molar-refractivity contribution < 1.29 is 13.2 Å². The lowest BCUT2D eigenvalue weighted by Crippen LogP contribution is -2.37. The Kier molecular flexibility index (Phi) is 9.07. The van der Waals surface area contributed by atoms with Crippen LogP contribution in [0.25, 0.3) is 10.2 Å². The SMILES string of the molecule is Cc1ccc2sc(N(CCCN(C)C)C(=O)CS(=O)(=O)c3ccc(Cl)cc3)nc2c1C.Cl. The lowest BCUT2D eigenvalue weighted by Gasteiger charge is -2.21. The van der Waals surface area contributed by atoms with Crippen molar-refractivity contribution in [2.45, 2.75) is 25.2 Å². The molecular weight excluding hydrogens is 489 g/mol. The van der Waals surface area contributed by atoms with E-state index in [2.05, 4.69) is 0 Å².